The number of nitrogens with one attached hydrogen (secondary N) is 2. The third-order valence-corrected chi connectivity index (χ3v) is 4.62. The Kier molecular flexibility index (Phi) is 6.53. The van der Waals surface area contributed by atoms with E-state index in [4.69, 9.17) is 0 Å². The Morgan fingerprint density at radius 3 is 1.50 bits per heavy atom. The van der Waals surface area contributed by atoms with Gasteiger partial charge in [-0.05, 0) is 25.0 Å². The number of fused-ring (bicyclic) bond motifs is 3. The van der Waals surface area contributed by atoms with Gasteiger partial charge < -0.3 is 10.6 Å². The maximum absolute atomic E-state index is 12.4. The first-order valence-electron chi connectivity index (χ1n) is 9.91. The van der Waals surface area contributed by atoms with Gasteiger partial charge in [0.15, 0.2) is 0 Å². The molecule has 2 heterocycles. The van der Waals surface area contributed by atoms with Crippen LogP contribution in [0.5, 0.6) is 0 Å². The molecule has 3 rings (SSSR count). The zero-order valence-corrected chi connectivity index (χ0v) is 16.4. The standard InChI is InChI=1S/C22H26N4O2/c1-3-5-13-23-21(27)17-11-9-15-7-8-16-10-12-18(22(28)24-14-6-4-2)26-20(16)19(15)25-17/h7-12H,3-6,13-14H2,1-2H3,(H,23,27)(H,24,28). The summed E-state index contributed by atoms with van der Waals surface area (Å²) in [6.45, 7) is 5.41. The largest absolute Gasteiger partial charge is 0.351 e. The highest BCUT2D eigenvalue weighted by Gasteiger charge is 2.13. The van der Waals surface area contributed by atoms with Crippen molar-refractivity contribution >= 4 is 33.6 Å². The molecule has 0 aliphatic heterocycles. The maximum atomic E-state index is 12.4. The predicted octanol–water partition coefficient (Wildman–Crippen LogP) is 3.84. The molecule has 2 amide bonds. The number of hydrogen-bond acceptors (Lipinski definition) is 4. The lowest BCUT2D eigenvalue weighted by molar-refractivity contribution is 0.0940. The number of carbonyl (C=O) groups excluding carboxylic acids is 2. The molecule has 0 saturated carbocycles. The summed E-state index contributed by atoms with van der Waals surface area (Å²) in [6.07, 6.45) is 3.90. The summed E-state index contributed by atoms with van der Waals surface area (Å²) in [5.41, 5.74) is 1.97. The van der Waals surface area contributed by atoms with Gasteiger partial charge in [-0.1, -0.05) is 51.0 Å². The molecule has 2 aromatic heterocycles. The molecular formula is C22H26N4O2. The van der Waals surface area contributed by atoms with Crippen molar-refractivity contribution in [2.75, 3.05) is 13.1 Å². The van der Waals surface area contributed by atoms with E-state index in [1.807, 2.05) is 24.3 Å². The number of aromatic nitrogens is 2. The molecule has 146 valence electrons. The van der Waals surface area contributed by atoms with Crippen LogP contribution in [0.25, 0.3) is 21.8 Å². The van der Waals surface area contributed by atoms with Gasteiger partial charge in [-0.3, -0.25) is 9.59 Å². The summed E-state index contributed by atoms with van der Waals surface area (Å²) in [5.74, 6) is -0.387. The normalized spacial score (nSPS) is 10.9. The van der Waals surface area contributed by atoms with Crippen LogP contribution in [-0.2, 0) is 0 Å². The second-order valence-electron chi connectivity index (χ2n) is 6.82. The van der Waals surface area contributed by atoms with Crippen LogP contribution in [0.4, 0.5) is 0 Å². The van der Waals surface area contributed by atoms with Crippen molar-refractivity contribution in [1.82, 2.24) is 20.6 Å². The average molecular weight is 378 g/mol. The summed E-state index contributed by atoms with van der Waals surface area (Å²) in [7, 11) is 0. The molecule has 0 unspecified atom stereocenters. The van der Waals surface area contributed by atoms with Gasteiger partial charge in [-0.15, -0.1) is 0 Å². The van der Waals surface area contributed by atoms with E-state index in [0.29, 0.717) is 35.5 Å². The molecular weight excluding hydrogens is 352 g/mol. The van der Waals surface area contributed by atoms with Crippen LogP contribution in [0, 0.1) is 0 Å². The summed E-state index contributed by atoms with van der Waals surface area (Å²) >= 11 is 0. The molecule has 1 aromatic carbocycles. The van der Waals surface area contributed by atoms with Crippen LogP contribution in [0.2, 0.25) is 0 Å². The molecule has 2 N–H and O–H groups in total. The number of nitrogens with zero attached hydrogens (tertiary/aromatic N) is 2. The smallest absolute Gasteiger partial charge is 0.269 e. The number of hydrogen-bond donors (Lipinski definition) is 2. The predicted molar refractivity (Wildman–Crippen MR) is 112 cm³/mol. The van der Waals surface area contributed by atoms with E-state index >= 15 is 0 Å². The summed E-state index contributed by atoms with van der Waals surface area (Å²) in [4.78, 5) is 33.8. The molecule has 0 radical (unpaired) electrons. The molecule has 6 nitrogen and oxygen atoms in total. The van der Waals surface area contributed by atoms with Crippen LogP contribution >= 0.6 is 0 Å². The molecule has 0 bridgehead atoms. The topological polar surface area (TPSA) is 84.0 Å². The molecule has 0 atom stereocenters. The van der Waals surface area contributed by atoms with Gasteiger partial charge in [-0.2, -0.15) is 0 Å². The van der Waals surface area contributed by atoms with Crippen LogP contribution in [0.15, 0.2) is 36.4 Å². The number of unbranched alkanes of at least 4 members (excludes halogenated alkanes) is 2. The lowest BCUT2D eigenvalue weighted by Crippen LogP contribution is -2.25. The Balaban J connectivity index is 1.96. The average Bonchev–Trinajstić information content (AvgIpc) is 2.73. The molecule has 0 aliphatic carbocycles. The molecule has 6 heteroatoms. The van der Waals surface area contributed by atoms with Crippen molar-refractivity contribution in [2.24, 2.45) is 0 Å². The monoisotopic (exact) mass is 378 g/mol. The summed E-state index contributed by atoms with van der Waals surface area (Å²) in [6, 6.07) is 11.1. The molecule has 0 spiro atoms. The van der Waals surface area contributed by atoms with Crippen LogP contribution in [0.3, 0.4) is 0 Å². The minimum atomic E-state index is -0.194. The van der Waals surface area contributed by atoms with Gasteiger partial charge in [0.1, 0.15) is 11.4 Å². The molecule has 0 saturated heterocycles. The fourth-order valence-electron chi connectivity index (χ4n) is 2.96. The SMILES string of the molecule is CCCCNC(=O)c1ccc2ccc3ccc(C(=O)NCCCC)nc3c2n1. The Morgan fingerprint density at radius 1 is 0.714 bits per heavy atom. The van der Waals surface area contributed by atoms with Gasteiger partial charge >= 0.3 is 0 Å². The molecule has 0 aliphatic rings. The minimum absolute atomic E-state index is 0.194. The van der Waals surface area contributed by atoms with Crippen molar-refractivity contribution in [3.63, 3.8) is 0 Å². The first-order chi connectivity index (χ1) is 13.6. The third kappa shape index (κ3) is 4.44. The lowest BCUT2D eigenvalue weighted by Gasteiger charge is -2.08. The van der Waals surface area contributed by atoms with Crippen molar-refractivity contribution in [3.8, 4) is 0 Å². The third-order valence-electron chi connectivity index (χ3n) is 4.62. The van der Waals surface area contributed by atoms with E-state index in [1.54, 1.807) is 12.1 Å². The van der Waals surface area contributed by atoms with E-state index < -0.39 is 0 Å². The summed E-state index contributed by atoms with van der Waals surface area (Å²) < 4.78 is 0. The number of rotatable bonds is 8. The Morgan fingerprint density at radius 2 is 1.11 bits per heavy atom. The Bertz CT molecular complexity index is 920. The highest BCUT2D eigenvalue weighted by atomic mass is 16.2. The number of amides is 2. The van der Waals surface area contributed by atoms with Crippen molar-refractivity contribution < 1.29 is 9.59 Å². The fourth-order valence-corrected chi connectivity index (χ4v) is 2.96. The molecule has 28 heavy (non-hydrogen) atoms. The van der Waals surface area contributed by atoms with Crippen LogP contribution in [0.1, 0.15) is 60.5 Å². The first-order valence-corrected chi connectivity index (χ1v) is 9.91. The van der Waals surface area contributed by atoms with E-state index in [2.05, 4.69) is 34.4 Å². The number of pyridine rings is 2. The summed E-state index contributed by atoms with van der Waals surface area (Å²) in [5, 5.41) is 7.54. The fraction of sp³-hybridized carbons (Fsp3) is 0.364. The Labute approximate surface area is 164 Å². The minimum Gasteiger partial charge on any atom is -0.351 e. The van der Waals surface area contributed by atoms with Crippen molar-refractivity contribution in [3.05, 3.63) is 47.8 Å². The zero-order valence-electron chi connectivity index (χ0n) is 16.4. The van der Waals surface area contributed by atoms with Crippen LogP contribution in [-0.4, -0.2) is 34.9 Å². The maximum Gasteiger partial charge on any atom is 0.269 e. The van der Waals surface area contributed by atoms with Gasteiger partial charge in [0.25, 0.3) is 11.8 Å². The zero-order chi connectivity index (χ0) is 19.9. The lowest BCUT2D eigenvalue weighted by atomic mass is 10.1. The van der Waals surface area contributed by atoms with Gasteiger partial charge in [0.05, 0.1) is 11.0 Å². The van der Waals surface area contributed by atoms with E-state index in [1.165, 1.54) is 0 Å². The van der Waals surface area contributed by atoms with Gasteiger partial charge in [0, 0.05) is 23.9 Å². The highest BCUT2D eigenvalue weighted by Crippen LogP contribution is 2.23. The van der Waals surface area contributed by atoms with E-state index in [-0.39, 0.29) is 11.8 Å². The van der Waals surface area contributed by atoms with Crippen LogP contribution < -0.4 is 10.6 Å². The van der Waals surface area contributed by atoms with E-state index in [0.717, 1.165) is 36.5 Å². The van der Waals surface area contributed by atoms with Crippen molar-refractivity contribution in [1.29, 1.82) is 0 Å². The highest BCUT2D eigenvalue weighted by molar-refractivity contribution is 6.06. The number of benzene rings is 1. The first kappa shape index (κ1) is 19.7. The second-order valence-corrected chi connectivity index (χ2v) is 6.82. The van der Waals surface area contributed by atoms with Gasteiger partial charge in [-0.25, -0.2) is 9.97 Å². The molecule has 3 aromatic rings. The number of carbonyl (C=O) groups is 2. The van der Waals surface area contributed by atoms with Crippen molar-refractivity contribution in [2.45, 2.75) is 39.5 Å². The quantitative estimate of drug-likeness (QED) is 0.461. The van der Waals surface area contributed by atoms with Gasteiger partial charge in [0.2, 0.25) is 0 Å². The molecule has 0 fully saturated rings. The second kappa shape index (κ2) is 9.26. The van der Waals surface area contributed by atoms with E-state index in [9.17, 15) is 9.59 Å². The Hall–Kier alpha value is -3.02.